The lowest BCUT2D eigenvalue weighted by molar-refractivity contribution is -0.142. The Kier molecular flexibility index (Phi) is 23.1. The quantitative estimate of drug-likeness (QED) is 0.0518. The van der Waals surface area contributed by atoms with E-state index in [1.54, 1.807) is 0 Å². The van der Waals surface area contributed by atoms with Crippen molar-refractivity contribution in [3.63, 3.8) is 0 Å². The van der Waals surface area contributed by atoms with Crippen molar-refractivity contribution in [2.75, 3.05) is 0 Å². The minimum absolute atomic E-state index is 0.0669. The average molecular weight is 1020 g/mol. The number of carboxylic acid groups (broad SMARTS) is 1. The molecule has 4 saturated carbocycles. The number of aliphatic hydroxyl groups is 2. The van der Waals surface area contributed by atoms with E-state index >= 15 is 0 Å². The molecule has 0 heterocycles. The molecule has 6 nitrogen and oxygen atoms in total. The number of fused-ring (bicyclic) bond motifs is 10. The zero-order valence-electron chi connectivity index (χ0n) is 48.0. The SMILES string of the molecule is CCCCCCC(C)CCCCCCCC[C@H]1C[C@@]2(C)C(CC[C@@H]2O)C2CCc3cc(O)ccc3C21.CCCCCCC(CCCCCCCC[C@H]1C[C@@]2(C)C(CC[C@@H]2O)C2CCc3cc(O)ccc3C21)C(=O)O. The minimum Gasteiger partial charge on any atom is -0.508 e. The van der Waals surface area contributed by atoms with Crippen LogP contribution in [0.4, 0.5) is 0 Å². The highest BCUT2D eigenvalue weighted by atomic mass is 16.4. The van der Waals surface area contributed by atoms with Crippen molar-refractivity contribution in [1.29, 1.82) is 0 Å². The summed E-state index contributed by atoms with van der Waals surface area (Å²) in [7, 11) is 0. The van der Waals surface area contributed by atoms with Crippen molar-refractivity contribution in [3.05, 3.63) is 58.7 Å². The van der Waals surface area contributed by atoms with Crippen LogP contribution in [0.25, 0.3) is 0 Å². The maximum absolute atomic E-state index is 11.6. The van der Waals surface area contributed by atoms with Crippen molar-refractivity contribution in [2.24, 2.45) is 58.2 Å². The van der Waals surface area contributed by atoms with Crippen molar-refractivity contribution >= 4 is 5.97 Å². The summed E-state index contributed by atoms with van der Waals surface area (Å²) in [5, 5.41) is 51.7. The molecule has 4 fully saturated rings. The van der Waals surface area contributed by atoms with Gasteiger partial charge in [-0.2, -0.15) is 0 Å². The summed E-state index contributed by atoms with van der Waals surface area (Å²) in [6.45, 7) is 11.7. The molecule has 0 saturated heterocycles. The Bertz CT molecular complexity index is 1980. The molecular formula is C68H110O6. The highest BCUT2D eigenvalue weighted by molar-refractivity contribution is 5.69. The topological polar surface area (TPSA) is 118 Å². The molecule has 2 aromatic rings. The van der Waals surface area contributed by atoms with Crippen LogP contribution < -0.4 is 0 Å². The summed E-state index contributed by atoms with van der Waals surface area (Å²) in [6, 6.07) is 12.3. The van der Waals surface area contributed by atoms with Crippen molar-refractivity contribution in [2.45, 2.75) is 290 Å². The van der Waals surface area contributed by atoms with E-state index in [0.29, 0.717) is 58.8 Å². The number of hydrogen-bond donors (Lipinski definition) is 5. The Labute approximate surface area is 452 Å². The average Bonchev–Trinajstić information content (AvgIpc) is 3.86. The monoisotopic (exact) mass is 1020 g/mol. The van der Waals surface area contributed by atoms with Crippen LogP contribution in [0, 0.1) is 58.2 Å². The summed E-state index contributed by atoms with van der Waals surface area (Å²) in [5.74, 6) is 6.16. The van der Waals surface area contributed by atoms with Gasteiger partial charge in [0.05, 0.1) is 18.1 Å². The van der Waals surface area contributed by atoms with Gasteiger partial charge in [0.25, 0.3) is 0 Å². The number of aliphatic hydroxyl groups excluding tert-OH is 2. The largest absolute Gasteiger partial charge is 0.508 e. The van der Waals surface area contributed by atoms with Gasteiger partial charge in [-0.15, -0.1) is 0 Å². The van der Waals surface area contributed by atoms with Gasteiger partial charge in [0.2, 0.25) is 0 Å². The van der Waals surface area contributed by atoms with Crippen molar-refractivity contribution < 1.29 is 30.3 Å². The van der Waals surface area contributed by atoms with Crippen LogP contribution in [0.15, 0.2) is 36.4 Å². The number of hydrogen-bond acceptors (Lipinski definition) is 5. The molecule has 6 aliphatic carbocycles. The van der Waals surface area contributed by atoms with Crippen LogP contribution in [-0.4, -0.2) is 43.7 Å². The molecule has 6 heteroatoms. The van der Waals surface area contributed by atoms with E-state index in [4.69, 9.17) is 0 Å². The van der Waals surface area contributed by atoms with E-state index in [2.05, 4.69) is 46.8 Å². The zero-order chi connectivity index (χ0) is 52.7. The van der Waals surface area contributed by atoms with Crippen LogP contribution >= 0.6 is 0 Å². The smallest absolute Gasteiger partial charge is 0.306 e. The summed E-state index contributed by atoms with van der Waals surface area (Å²) in [5.41, 5.74) is 5.94. The Morgan fingerprint density at radius 2 is 0.905 bits per heavy atom. The Hall–Kier alpha value is -2.57. The zero-order valence-corrected chi connectivity index (χ0v) is 48.0. The molecule has 0 spiro atoms. The maximum atomic E-state index is 11.6. The first-order valence-corrected chi connectivity index (χ1v) is 32.0. The highest BCUT2D eigenvalue weighted by Crippen LogP contribution is 2.65. The fourth-order valence-electron chi connectivity index (χ4n) is 17.6. The predicted octanol–water partition coefficient (Wildman–Crippen LogP) is 18.2. The van der Waals surface area contributed by atoms with Gasteiger partial charge >= 0.3 is 5.97 Å². The van der Waals surface area contributed by atoms with Crippen LogP contribution in [-0.2, 0) is 17.6 Å². The summed E-state index contributed by atoms with van der Waals surface area (Å²) >= 11 is 0. The third-order valence-electron chi connectivity index (χ3n) is 21.8. The second-order valence-corrected chi connectivity index (χ2v) is 26.8. The fourth-order valence-corrected chi connectivity index (χ4v) is 17.6. The number of unbranched alkanes of at least 4 members (excludes halogenated alkanes) is 16. The van der Waals surface area contributed by atoms with Crippen LogP contribution in [0.3, 0.4) is 0 Å². The van der Waals surface area contributed by atoms with E-state index in [9.17, 15) is 30.3 Å². The lowest BCUT2D eigenvalue weighted by Crippen LogP contribution is -2.47. The van der Waals surface area contributed by atoms with Gasteiger partial charge in [0, 0.05) is 0 Å². The molecule has 418 valence electrons. The number of phenols is 2. The number of phenolic OH excluding ortho intramolecular Hbond substituents is 2. The predicted molar refractivity (Wildman–Crippen MR) is 307 cm³/mol. The molecule has 8 rings (SSSR count). The highest BCUT2D eigenvalue weighted by Gasteiger charge is 2.58. The molecule has 2 aromatic carbocycles. The van der Waals surface area contributed by atoms with Gasteiger partial charge in [-0.3, -0.25) is 4.79 Å². The van der Waals surface area contributed by atoms with E-state index < -0.39 is 5.97 Å². The molecule has 74 heavy (non-hydrogen) atoms. The fraction of sp³-hybridized carbons (Fsp3) is 0.809. The first-order valence-electron chi connectivity index (χ1n) is 32.0. The standard InChI is InChI=1S/C34H54O4.C34H56O2/c1-3-4-5-10-13-24(33(37)38)14-11-8-6-7-9-12-15-26-23-34(2)30(20-21-31(34)36)29-18-16-25-22-27(35)17-19-28(25)32(26)29;1-4-5-6-11-14-25(2)15-12-9-7-8-10-13-16-27-24-34(3)31(21-22-32(34)36)30-19-17-26-23-28(35)18-20-29(26)33(27)30/h17,19,22,24,26,29-32,35-36H,3-16,18,20-21,23H2,1-2H3,(H,37,38);18,20,23,25,27,30-33,35-36H,4-17,19,21-22,24H2,1-3H3/t24?,26-,29?,30?,31-,32?,34-;25?,27-,30?,31?,32-,33?,34-/m00/s1. The lowest BCUT2D eigenvalue weighted by atomic mass is 9.51. The van der Waals surface area contributed by atoms with Gasteiger partial charge in [-0.1, -0.05) is 188 Å². The molecule has 8 unspecified atom stereocenters. The van der Waals surface area contributed by atoms with Crippen molar-refractivity contribution in [1.82, 2.24) is 0 Å². The van der Waals surface area contributed by atoms with Gasteiger partial charge in [-0.05, 0) is 201 Å². The molecule has 0 bridgehead atoms. The first-order chi connectivity index (χ1) is 35.8. The Balaban J connectivity index is 0.000000217. The van der Waals surface area contributed by atoms with Crippen LogP contribution in [0.1, 0.15) is 287 Å². The third kappa shape index (κ3) is 15.0. The summed E-state index contributed by atoms with van der Waals surface area (Å²) < 4.78 is 0. The molecule has 5 N–H and O–H groups in total. The van der Waals surface area contributed by atoms with Gasteiger partial charge in [-0.25, -0.2) is 0 Å². The number of benzene rings is 2. The Morgan fingerprint density at radius 1 is 0.527 bits per heavy atom. The third-order valence-corrected chi connectivity index (χ3v) is 21.8. The molecule has 0 radical (unpaired) electrons. The van der Waals surface area contributed by atoms with E-state index in [1.807, 2.05) is 24.3 Å². The molecule has 0 aliphatic heterocycles. The molecule has 0 aromatic heterocycles. The molecule has 0 amide bonds. The Morgan fingerprint density at radius 3 is 1.31 bits per heavy atom. The van der Waals surface area contributed by atoms with Gasteiger partial charge < -0.3 is 25.5 Å². The molecule has 6 aliphatic rings. The second-order valence-electron chi connectivity index (χ2n) is 26.8. The van der Waals surface area contributed by atoms with E-state index in [1.165, 1.54) is 183 Å². The number of aliphatic carboxylic acids is 1. The number of carboxylic acids is 1. The minimum atomic E-state index is -0.602. The summed E-state index contributed by atoms with van der Waals surface area (Å²) in [4.78, 5) is 11.6. The number of rotatable bonds is 29. The first kappa shape index (κ1) is 59.1. The second kappa shape index (κ2) is 28.9. The van der Waals surface area contributed by atoms with Crippen molar-refractivity contribution in [3.8, 4) is 11.5 Å². The maximum Gasteiger partial charge on any atom is 0.306 e. The van der Waals surface area contributed by atoms with E-state index in [-0.39, 0.29) is 29.0 Å². The lowest BCUT2D eigenvalue weighted by Gasteiger charge is -2.54. The number of aryl methyl sites for hydroxylation is 2. The van der Waals surface area contributed by atoms with Gasteiger partial charge in [0.1, 0.15) is 11.5 Å². The number of aromatic hydroxyl groups is 2. The van der Waals surface area contributed by atoms with Crippen LogP contribution in [0.2, 0.25) is 0 Å². The normalized spacial score (nSPS) is 31.4. The molecular weight excluding hydrogens is 913 g/mol. The molecule has 14 atom stereocenters. The summed E-state index contributed by atoms with van der Waals surface area (Å²) in [6.07, 6.45) is 43.7. The van der Waals surface area contributed by atoms with E-state index in [0.717, 1.165) is 76.5 Å². The van der Waals surface area contributed by atoms with Gasteiger partial charge in [0.15, 0.2) is 0 Å². The van der Waals surface area contributed by atoms with Crippen LogP contribution in [0.5, 0.6) is 11.5 Å². The number of carbonyl (C=O) groups is 1.